The number of nitrogens with zero attached hydrogens (tertiary/aromatic N) is 4. The predicted octanol–water partition coefficient (Wildman–Crippen LogP) is -3.09. The number of benzene rings is 1. The zero-order valence-corrected chi connectivity index (χ0v) is 20.6. The summed E-state index contributed by atoms with van der Waals surface area (Å²) in [7, 11) is -9.01. The molecule has 0 saturated carbocycles. The molecule has 2 aromatic rings. The van der Waals surface area contributed by atoms with E-state index in [9.17, 15) is 21.9 Å². The highest BCUT2D eigenvalue weighted by Gasteiger charge is 2.34. The summed E-state index contributed by atoms with van der Waals surface area (Å²) >= 11 is 0. The minimum atomic E-state index is -4.59. The van der Waals surface area contributed by atoms with Gasteiger partial charge in [0.25, 0.3) is 0 Å². The quantitative estimate of drug-likeness (QED) is 0.134. The summed E-state index contributed by atoms with van der Waals surface area (Å²) in [4.78, 5) is 0.652. The molecule has 0 amide bonds. The van der Waals surface area contributed by atoms with Gasteiger partial charge in [-0.3, -0.25) is 0 Å². The number of sulfonamides is 2. The van der Waals surface area contributed by atoms with Crippen LogP contribution < -0.4 is 25.8 Å². The van der Waals surface area contributed by atoms with Gasteiger partial charge in [0.05, 0.1) is 18.3 Å². The minimum Gasteiger partial charge on any atom is -0.395 e. The van der Waals surface area contributed by atoms with E-state index in [-0.39, 0.29) is 24.5 Å². The van der Waals surface area contributed by atoms with Gasteiger partial charge in [-0.05, 0) is 42.7 Å². The summed E-state index contributed by atoms with van der Waals surface area (Å²) in [6.07, 6.45) is 0.410. The Bertz CT molecular complexity index is 1180. The van der Waals surface area contributed by atoms with Gasteiger partial charge in [-0.1, -0.05) is 0 Å². The van der Waals surface area contributed by atoms with Gasteiger partial charge in [0.15, 0.2) is 0 Å². The van der Waals surface area contributed by atoms with Crippen LogP contribution in [0.1, 0.15) is 12.8 Å². The Labute approximate surface area is 203 Å². The molecule has 1 saturated heterocycles. The molecular weight excluding hydrogens is 502 g/mol. The van der Waals surface area contributed by atoms with E-state index in [1.165, 1.54) is 6.07 Å². The van der Waals surface area contributed by atoms with Crippen LogP contribution in [-0.4, -0.2) is 99.7 Å². The van der Waals surface area contributed by atoms with Crippen molar-refractivity contribution >= 4 is 25.7 Å². The normalized spacial score (nSPS) is 16.5. The van der Waals surface area contributed by atoms with Crippen molar-refractivity contribution in [2.24, 2.45) is 16.8 Å². The molecule has 0 bridgehead atoms. The van der Waals surface area contributed by atoms with Crippen molar-refractivity contribution in [3.05, 3.63) is 12.1 Å². The number of nitrogens with one attached hydrogen (secondary N) is 3. The van der Waals surface area contributed by atoms with E-state index in [4.69, 9.17) is 16.0 Å². The maximum Gasteiger partial charge on any atom is 0.242 e. The van der Waals surface area contributed by atoms with Crippen LogP contribution in [0.2, 0.25) is 0 Å². The zero-order valence-electron chi connectivity index (χ0n) is 19.0. The molecule has 9 N–H and O–H groups in total. The molecule has 196 valence electrons. The Hall–Kier alpha value is -2.25. The molecule has 1 aromatic heterocycles. The first-order chi connectivity index (χ1) is 16.6. The van der Waals surface area contributed by atoms with Crippen LogP contribution >= 0.6 is 0 Å². The molecular formula is C18H31N9O6S2. The number of piperidine rings is 1. The van der Waals surface area contributed by atoms with E-state index < -0.39 is 42.5 Å². The van der Waals surface area contributed by atoms with Gasteiger partial charge in [-0.15, -0.1) is 10.2 Å². The maximum absolute atomic E-state index is 13.0. The van der Waals surface area contributed by atoms with Crippen LogP contribution in [0.5, 0.6) is 0 Å². The zero-order chi connectivity index (χ0) is 25.6. The standard InChI is InChI=1S/C18H31N9O6S2/c19-9-13(29)11-22-35(32,33)15-2-1-14(27-6-3-12(4-7-27)10-21-5-8-28)16(17(15)34(20,30)31)18-23-25-26-24-18/h1-2,12-13,21-22,28-29H,3-11,19H2,(H2,20,30,31)(H,23,24,25,26)/t13-/m1/s1. The first-order valence-corrected chi connectivity index (χ1v) is 14.0. The van der Waals surface area contributed by atoms with Gasteiger partial charge in [0, 0.05) is 38.4 Å². The highest BCUT2D eigenvalue weighted by atomic mass is 32.2. The molecule has 1 aromatic carbocycles. The highest BCUT2D eigenvalue weighted by molar-refractivity contribution is 7.92. The molecule has 0 aliphatic carbocycles. The number of anilines is 1. The number of hydrogen-bond acceptors (Lipinski definition) is 12. The number of aromatic amines is 1. The Balaban J connectivity index is 2.04. The molecule has 35 heavy (non-hydrogen) atoms. The van der Waals surface area contributed by atoms with E-state index in [2.05, 4.69) is 30.7 Å². The smallest absolute Gasteiger partial charge is 0.242 e. The largest absolute Gasteiger partial charge is 0.395 e. The molecule has 3 rings (SSSR count). The summed E-state index contributed by atoms with van der Waals surface area (Å²) in [6, 6.07) is 2.64. The Morgan fingerprint density at radius 1 is 1.23 bits per heavy atom. The number of primary sulfonamides is 1. The van der Waals surface area contributed by atoms with Crippen molar-refractivity contribution in [2.75, 3.05) is 50.8 Å². The van der Waals surface area contributed by atoms with E-state index >= 15 is 0 Å². The van der Waals surface area contributed by atoms with Crippen molar-refractivity contribution in [3.8, 4) is 11.4 Å². The van der Waals surface area contributed by atoms with E-state index in [1.807, 2.05) is 4.90 Å². The fourth-order valence-corrected chi connectivity index (χ4v) is 6.59. The second-order valence-electron chi connectivity index (χ2n) is 8.17. The van der Waals surface area contributed by atoms with Crippen molar-refractivity contribution in [3.63, 3.8) is 0 Å². The number of aliphatic hydroxyl groups excluding tert-OH is 2. The maximum atomic E-state index is 13.0. The number of tetrazole rings is 1. The van der Waals surface area contributed by atoms with E-state index in [0.29, 0.717) is 31.2 Å². The number of rotatable bonds is 12. The minimum absolute atomic E-state index is 0.0541. The van der Waals surface area contributed by atoms with Gasteiger partial charge in [0.1, 0.15) is 9.79 Å². The van der Waals surface area contributed by atoms with Gasteiger partial charge in [-0.2, -0.15) is 5.21 Å². The SMILES string of the molecule is NC[C@@H](O)CNS(=O)(=O)c1ccc(N2CCC(CNCCO)CC2)c(-c2nn[nH]n2)c1S(N)(=O)=O. The summed E-state index contributed by atoms with van der Waals surface area (Å²) in [6.45, 7) is 1.82. The third-order valence-electron chi connectivity index (χ3n) is 5.70. The van der Waals surface area contributed by atoms with Crippen molar-refractivity contribution < 1.29 is 27.0 Å². The second kappa shape index (κ2) is 11.7. The summed E-state index contributed by atoms with van der Waals surface area (Å²) in [5.74, 6) is 0.233. The molecule has 1 fully saturated rings. The van der Waals surface area contributed by atoms with Crippen molar-refractivity contribution in [2.45, 2.75) is 28.7 Å². The van der Waals surface area contributed by atoms with Crippen molar-refractivity contribution in [1.29, 1.82) is 0 Å². The lowest BCUT2D eigenvalue weighted by Gasteiger charge is -2.35. The molecule has 1 aliphatic rings. The van der Waals surface area contributed by atoms with Crippen LogP contribution in [0.25, 0.3) is 11.4 Å². The molecule has 17 heteroatoms. The van der Waals surface area contributed by atoms with Gasteiger partial charge < -0.3 is 26.2 Å². The monoisotopic (exact) mass is 533 g/mol. The fourth-order valence-electron chi connectivity index (χ4n) is 3.92. The van der Waals surface area contributed by atoms with E-state index in [0.717, 1.165) is 25.5 Å². The number of aliphatic hydroxyl groups is 2. The number of hydrogen-bond donors (Lipinski definition) is 7. The Kier molecular flexibility index (Phi) is 9.11. The first-order valence-electron chi connectivity index (χ1n) is 11.0. The van der Waals surface area contributed by atoms with Crippen molar-refractivity contribution in [1.82, 2.24) is 30.7 Å². The van der Waals surface area contributed by atoms with Gasteiger partial charge in [-0.25, -0.2) is 26.7 Å². The van der Waals surface area contributed by atoms with Crippen LogP contribution in [0.4, 0.5) is 5.69 Å². The van der Waals surface area contributed by atoms with Gasteiger partial charge >= 0.3 is 0 Å². The van der Waals surface area contributed by atoms with E-state index in [1.54, 1.807) is 0 Å². The molecule has 0 radical (unpaired) electrons. The topological polar surface area (TPSA) is 243 Å². The number of aromatic nitrogens is 4. The van der Waals surface area contributed by atoms with Crippen LogP contribution in [0.3, 0.4) is 0 Å². The average molecular weight is 534 g/mol. The molecule has 0 spiro atoms. The Morgan fingerprint density at radius 2 is 1.94 bits per heavy atom. The lowest BCUT2D eigenvalue weighted by molar-refractivity contribution is 0.186. The summed E-state index contributed by atoms with van der Waals surface area (Å²) in [5, 5.41) is 40.8. The molecule has 2 heterocycles. The number of H-pyrrole nitrogens is 1. The lowest BCUT2D eigenvalue weighted by atomic mass is 9.95. The Morgan fingerprint density at radius 3 is 2.51 bits per heavy atom. The third-order valence-corrected chi connectivity index (χ3v) is 8.29. The molecule has 15 nitrogen and oxygen atoms in total. The molecule has 1 aliphatic heterocycles. The highest BCUT2D eigenvalue weighted by Crippen LogP contribution is 2.39. The number of nitrogens with two attached hydrogens (primary N) is 2. The first kappa shape index (κ1) is 27.3. The summed E-state index contributed by atoms with van der Waals surface area (Å²) < 4.78 is 53.6. The molecule has 0 unspecified atom stereocenters. The van der Waals surface area contributed by atoms with Crippen LogP contribution in [-0.2, 0) is 20.0 Å². The third kappa shape index (κ3) is 6.70. The van der Waals surface area contributed by atoms with Gasteiger partial charge in [0.2, 0.25) is 25.9 Å². The fraction of sp³-hybridized carbons (Fsp3) is 0.611. The molecule has 1 atom stereocenters. The predicted molar refractivity (Wildman–Crippen MR) is 126 cm³/mol. The van der Waals surface area contributed by atoms with Crippen LogP contribution in [0, 0.1) is 5.92 Å². The second-order valence-corrected chi connectivity index (χ2v) is 11.4. The average Bonchev–Trinajstić information content (AvgIpc) is 3.36. The van der Waals surface area contributed by atoms with Crippen LogP contribution in [0.15, 0.2) is 21.9 Å². The lowest BCUT2D eigenvalue weighted by Crippen LogP contribution is -2.39. The summed E-state index contributed by atoms with van der Waals surface area (Å²) in [5.41, 5.74) is 5.64.